The smallest absolute Gasteiger partial charge is 0.261 e. The van der Waals surface area contributed by atoms with Crippen LogP contribution in [0.2, 0.25) is 0 Å². The predicted molar refractivity (Wildman–Crippen MR) is 131 cm³/mol. The van der Waals surface area contributed by atoms with Crippen LogP contribution in [0.4, 0.5) is 0 Å². The van der Waals surface area contributed by atoms with E-state index in [1.165, 1.54) is 37.3 Å². The molecule has 0 unspecified atom stereocenters. The molecule has 0 saturated carbocycles. The lowest BCUT2D eigenvalue weighted by Gasteiger charge is -2.26. The summed E-state index contributed by atoms with van der Waals surface area (Å²) >= 11 is 0. The molecule has 0 radical (unpaired) electrons. The van der Waals surface area contributed by atoms with E-state index in [0.29, 0.717) is 24.2 Å². The molecule has 8 heteroatoms. The zero-order valence-electron chi connectivity index (χ0n) is 17.9. The molecule has 2 aliphatic heterocycles. The van der Waals surface area contributed by atoms with Crippen molar-refractivity contribution in [2.75, 3.05) is 45.8 Å². The van der Waals surface area contributed by atoms with Gasteiger partial charge in [-0.05, 0) is 57.8 Å². The van der Waals surface area contributed by atoms with Gasteiger partial charge in [0.05, 0.1) is 11.1 Å². The van der Waals surface area contributed by atoms with Gasteiger partial charge in [0.15, 0.2) is 5.96 Å². The van der Waals surface area contributed by atoms with Gasteiger partial charge in [-0.1, -0.05) is 18.6 Å². The van der Waals surface area contributed by atoms with Gasteiger partial charge in [0.1, 0.15) is 0 Å². The van der Waals surface area contributed by atoms with Gasteiger partial charge in [-0.25, -0.2) is 0 Å². The van der Waals surface area contributed by atoms with Crippen LogP contribution in [0.3, 0.4) is 0 Å². The van der Waals surface area contributed by atoms with Crippen molar-refractivity contribution in [1.82, 2.24) is 20.4 Å². The van der Waals surface area contributed by atoms with Crippen LogP contribution in [-0.2, 0) is 0 Å². The molecule has 7 nitrogen and oxygen atoms in total. The lowest BCUT2D eigenvalue weighted by molar-refractivity contribution is 0.0652. The summed E-state index contributed by atoms with van der Waals surface area (Å²) in [5, 5.41) is 6.68. The zero-order valence-corrected chi connectivity index (χ0v) is 20.2. The number of nitrogens with zero attached hydrogens (tertiary/aromatic N) is 3. The number of imide groups is 1. The van der Waals surface area contributed by atoms with Crippen molar-refractivity contribution in [1.29, 1.82) is 0 Å². The Hall–Kier alpha value is -1.68. The second-order valence-electron chi connectivity index (χ2n) is 7.60. The number of unbranched alkanes of at least 4 members (excludes halogenated alkanes) is 1. The normalized spacial score (nSPS) is 17.0. The fraction of sp³-hybridized carbons (Fsp3) is 0.591. The highest BCUT2D eigenvalue weighted by Gasteiger charge is 2.34. The highest BCUT2D eigenvalue weighted by molar-refractivity contribution is 14.0. The van der Waals surface area contributed by atoms with E-state index in [0.717, 1.165) is 38.4 Å². The van der Waals surface area contributed by atoms with E-state index in [1.54, 1.807) is 24.3 Å². The van der Waals surface area contributed by atoms with Crippen LogP contribution in [0.1, 0.15) is 59.7 Å². The van der Waals surface area contributed by atoms with Crippen molar-refractivity contribution < 1.29 is 9.59 Å². The molecule has 30 heavy (non-hydrogen) atoms. The number of hydrogen-bond acceptors (Lipinski definition) is 4. The number of guanidine groups is 1. The summed E-state index contributed by atoms with van der Waals surface area (Å²) < 4.78 is 0. The van der Waals surface area contributed by atoms with E-state index in [1.807, 2.05) is 0 Å². The van der Waals surface area contributed by atoms with Gasteiger partial charge in [-0.3, -0.25) is 19.5 Å². The number of hydrogen-bond donors (Lipinski definition) is 2. The molecule has 2 aliphatic rings. The maximum Gasteiger partial charge on any atom is 0.261 e. The maximum absolute atomic E-state index is 12.4. The van der Waals surface area contributed by atoms with E-state index in [2.05, 4.69) is 27.4 Å². The summed E-state index contributed by atoms with van der Waals surface area (Å²) in [5.41, 5.74) is 1.03. The van der Waals surface area contributed by atoms with E-state index < -0.39 is 0 Å². The minimum absolute atomic E-state index is 0. The molecule has 0 aromatic heterocycles. The Kier molecular flexibility index (Phi) is 10.6. The van der Waals surface area contributed by atoms with Crippen molar-refractivity contribution in [3.8, 4) is 0 Å². The molecule has 1 aromatic carbocycles. The summed E-state index contributed by atoms with van der Waals surface area (Å²) in [6, 6.07) is 7.03. The highest BCUT2D eigenvalue weighted by atomic mass is 127. The third-order valence-electron chi connectivity index (χ3n) is 5.45. The number of halogens is 1. The van der Waals surface area contributed by atoms with Crippen LogP contribution >= 0.6 is 24.0 Å². The van der Waals surface area contributed by atoms with Crippen LogP contribution in [0.15, 0.2) is 29.3 Å². The lowest BCUT2D eigenvalue weighted by atomic mass is 10.1. The zero-order chi connectivity index (χ0) is 20.5. The molecule has 166 valence electrons. The number of benzene rings is 1. The Balaban J connectivity index is 0.00000320. The summed E-state index contributed by atoms with van der Waals surface area (Å²) in [5.74, 6) is 0.480. The fourth-order valence-electron chi connectivity index (χ4n) is 3.87. The number of amides is 2. The van der Waals surface area contributed by atoms with Crippen LogP contribution in [0.5, 0.6) is 0 Å². The highest BCUT2D eigenvalue weighted by Crippen LogP contribution is 2.22. The molecule has 2 N–H and O–H groups in total. The first-order valence-corrected chi connectivity index (χ1v) is 10.9. The van der Waals surface area contributed by atoms with Crippen molar-refractivity contribution in [3.05, 3.63) is 35.4 Å². The Morgan fingerprint density at radius 2 is 1.63 bits per heavy atom. The number of aliphatic imine (C=N–C) groups is 1. The summed E-state index contributed by atoms with van der Waals surface area (Å²) in [4.78, 5) is 33.2. The molecule has 2 amide bonds. The van der Waals surface area contributed by atoms with Crippen molar-refractivity contribution >= 4 is 41.8 Å². The summed E-state index contributed by atoms with van der Waals surface area (Å²) in [7, 11) is 0. The van der Waals surface area contributed by atoms with Gasteiger partial charge < -0.3 is 15.5 Å². The molecule has 1 fully saturated rings. The molecule has 0 spiro atoms. The molecule has 1 saturated heterocycles. The molecule has 0 bridgehead atoms. The van der Waals surface area contributed by atoms with Gasteiger partial charge in [-0.15, -0.1) is 24.0 Å². The van der Waals surface area contributed by atoms with E-state index in [9.17, 15) is 9.59 Å². The van der Waals surface area contributed by atoms with Gasteiger partial charge in [-0.2, -0.15) is 0 Å². The molecular weight excluding hydrogens is 493 g/mol. The monoisotopic (exact) mass is 527 g/mol. The van der Waals surface area contributed by atoms with Crippen LogP contribution in [0.25, 0.3) is 0 Å². The van der Waals surface area contributed by atoms with Crippen molar-refractivity contribution in [3.63, 3.8) is 0 Å². The number of likely N-dealkylation sites (tertiary alicyclic amines) is 1. The molecule has 3 rings (SSSR count). The maximum atomic E-state index is 12.4. The number of piperidine rings is 1. The molecule has 0 atom stereocenters. The second kappa shape index (κ2) is 12.9. The van der Waals surface area contributed by atoms with Crippen molar-refractivity contribution in [2.24, 2.45) is 4.99 Å². The quantitative estimate of drug-likeness (QED) is 0.170. The SMILES string of the molecule is CCNC(=NCCCCN1C(=O)c2ccccc2C1=O)NCCN1CCCCC1.I. The number of carbonyl (C=O) groups excluding carboxylic acids is 2. The standard InChI is InChI=1S/C22H33N5O2.HI/c1-2-23-22(25-13-17-26-14-7-3-8-15-26)24-12-6-9-16-27-20(28)18-10-4-5-11-19(18)21(27)29;/h4-5,10-11H,2-3,6-9,12-17H2,1H3,(H2,23,24,25);1H. The van der Waals surface area contributed by atoms with E-state index in [-0.39, 0.29) is 35.8 Å². The first-order valence-electron chi connectivity index (χ1n) is 10.9. The number of nitrogens with one attached hydrogen (secondary N) is 2. The first kappa shape index (κ1) is 24.6. The average Bonchev–Trinajstić information content (AvgIpc) is 2.99. The third kappa shape index (κ3) is 6.66. The van der Waals surface area contributed by atoms with Gasteiger partial charge in [0.25, 0.3) is 11.8 Å². The van der Waals surface area contributed by atoms with Crippen LogP contribution in [0, 0.1) is 0 Å². The van der Waals surface area contributed by atoms with Crippen LogP contribution in [-0.4, -0.2) is 73.4 Å². The summed E-state index contributed by atoms with van der Waals surface area (Å²) in [6.45, 7) is 8.34. The largest absolute Gasteiger partial charge is 0.357 e. The number of fused-ring (bicyclic) bond motifs is 1. The molecular formula is C22H34IN5O2. The molecule has 1 aromatic rings. The number of rotatable bonds is 9. The fourth-order valence-corrected chi connectivity index (χ4v) is 3.87. The minimum atomic E-state index is -0.179. The van der Waals surface area contributed by atoms with Gasteiger partial charge in [0, 0.05) is 32.7 Å². The van der Waals surface area contributed by atoms with E-state index >= 15 is 0 Å². The Bertz CT molecular complexity index is 699. The minimum Gasteiger partial charge on any atom is -0.357 e. The predicted octanol–water partition coefficient (Wildman–Crippen LogP) is 2.72. The molecule has 2 heterocycles. The van der Waals surface area contributed by atoms with E-state index in [4.69, 9.17) is 0 Å². The first-order chi connectivity index (χ1) is 14.2. The lowest BCUT2D eigenvalue weighted by Crippen LogP contribution is -2.42. The second-order valence-corrected chi connectivity index (χ2v) is 7.60. The van der Waals surface area contributed by atoms with Gasteiger partial charge >= 0.3 is 0 Å². The Morgan fingerprint density at radius 3 is 2.27 bits per heavy atom. The molecule has 0 aliphatic carbocycles. The topological polar surface area (TPSA) is 77.0 Å². The number of carbonyl (C=O) groups is 2. The van der Waals surface area contributed by atoms with Gasteiger partial charge in [0.2, 0.25) is 0 Å². The van der Waals surface area contributed by atoms with Crippen molar-refractivity contribution in [2.45, 2.75) is 39.0 Å². The Labute approximate surface area is 196 Å². The summed E-state index contributed by atoms with van der Waals surface area (Å²) in [6.07, 6.45) is 5.55. The average molecular weight is 527 g/mol. The van der Waals surface area contributed by atoms with Crippen LogP contribution < -0.4 is 10.6 Å². The third-order valence-corrected chi connectivity index (χ3v) is 5.45. The Morgan fingerprint density at radius 1 is 0.967 bits per heavy atom.